The standard InChI is InChI=1S/C15H25NO2/c1-7-15(5,6)8-12-14-13(9(2)16-12)17-10(3)11(4)18-14/h10-11,16H,7-8H2,1-6H3. The second kappa shape index (κ2) is 4.52. The lowest BCUT2D eigenvalue weighted by Gasteiger charge is -2.30. The average molecular weight is 251 g/mol. The van der Waals surface area contributed by atoms with E-state index in [1.54, 1.807) is 0 Å². The molecule has 0 bridgehead atoms. The van der Waals surface area contributed by atoms with E-state index < -0.39 is 0 Å². The number of hydrogen-bond acceptors (Lipinski definition) is 2. The Morgan fingerprint density at radius 3 is 2.22 bits per heavy atom. The molecule has 1 aliphatic heterocycles. The van der Waals surface area contributed by atoms with Gasteiger partial charge in [0.15, 0.2) is 11.5 Å². The van der Waals surface area contributed by atoms with E-state index in [4.69, 9.17) is 9.47 Å². The van der Waals surface area contributed by atoms with Crippen LogP contribution in [0.4, 0.5) is 0 Å². The summed E-state index contributed by atoms with van der Waals surface area (Å²) < 4.78 is 12.0. The van der Waals surface area contributed by atoms with Gasteiger partial charge in [-0.2, -0.15) is 0 Å². The summed E-state index contributed by atoms with van der Waals surface area (Å²) in [5, 5.41) is 0. The van der Waals surface area contributed by atoms with Gasteiger partial charge in [0.05, 0.1) is 11.4 Å². The summed E-state index contributed by atoms with van der Waals surface area (Å²) in [7, 11) is 0. The van der Waals surface area contributed by atoms with E-state index in [9.17, 15) is 0 Å². The summed E-state index contributed by atoms with van der Waals surface area (Å²) in [6, 6.07) is 0. The highest BCUT2D eigenvalue weighted by molar-refractivity contribution is 5.50. The molecule has 2 atom stereocenters. The van der Waals surface area contributed by atoms with Gasteiger partial charge >= 0.3 is 0 Å². The summed E-state index contributed by atoms with van der Waals surface area (Å²) in [4.78, 5) is 3.44. The lowest BCUT2D eigenvalue weighted by molar-refractivity contribution is 0.0424. The largest absolute Gasteiger partial charge is 0.481 e. The highest BCUT2D eigenvalue weighted by atomic mass is 16.6. The van der Waals surface area contributed by atoms with Crippen LogP contribution < -0.4 is 9.47 Å². The maximum Gasteiger partial charge on any atom is 0.182 e. The maximum atomic E-state index is 6.03. The normalized spacial score (nSPS) is 23.2. The third kappa shape index (κ3) is 2.36. The molecule has 0 amide bonds. The van der Waals surface area contributed by atoms with Gasteiger partial charge in [0, 0.05) is 0 Å². The topological polar surface area (TPSA) is 34.2 Å². The van der Waals surface area contributed by atoms with E-state index in [0.717, 1.165) is 30.0 Å². The number of H-pyrrole nitrogens is 1. The molecule has 2 heterocycles. The number of aryl methyl sites for hydroxylation is 1. The minimum Gasteiger partial charge on any atom is -0.481 e. The molecule has 0 radical (unpaired) electrons. The fourth-order valence-corrected chi connectivity index (χ4v) is 2.21. The number of fused-ring (bicyclic) bond motifs is 1. The van der Waals surface area contributed by atoms with Crippen molar-refractivity contribution in [1.29, 1.82) is 0 Å². The van der Waals surface area contributed by atoms with Crippen LogP contribution in [0.5, 0.6) is 11.5 Å². The molecule has 0 aliphatic carbocycles. The van der Waals surface area contributed by atoms with Gasteiger partial charge in [0.1, 0.15) is 12.2 Å². The van der Waals surface area contributed by atoms with Crippen molar-refractivity contribution in [1.82, 2.24) is 4.98 Å². The van der Waals surface area contributed by atoms with Crippen molar-refractivity contribution in [2.75, 3.05) is 0 Å². The minimum absolute atomic E-state index is 0.108. The third-order valence-electron chi connectivity index (χ3n) is 4.04. The Hall–Kier alpha value is -1.12. The lowest BCUT2D eigenvalue weighted by atomic mass is 9.85. The van der Waals surface area contributed by atoms with Crippen LogP contribution in [0.3, 0.4) is 0 Å². The van der Waals surface area contributed by atoms with Crippen LogP contribution in [0.25, 0.3) is 0 Å². The molecule has 1 aliphatic rings. The van der Waals surface area contributed by atoms with Gasteiger partial charge in [-0.15, -0.1) is 0 Å². The highest BCUT2D eigenvalue weighted by Crippen LogP contribution is 2.42. The first-order valence-electron chi connectivity index (χ1n) is 6.89. The molecule has 2 unspecified atom stereocenters. The molecule has 1 aromatic heterocycles. The predicted molar refractivity (Wildman–Crippen MR) is 73.5 cm³/mol. The second-order valence-electron chi connectivity index (χ2n) is 6.23. The van der Waals surface area contributed by atoms with Crippen LogP contribution in [-0.4, -0.2) is 17.2 Å². The van der Waals surface area contributed by atoms with Gasteiger partial charge in [-0.25, -0.2) is 0 Å². The van der Waals surface area contributed by atoms with Gasteiger partial charge in [-0.3, -0.25) is 0 Å². The van der Waals surface area contributed by atoms with Crippen molar-refractivity contribution in [3.05, 3.63) is 11.4 Å². The van der Waals surface area contributed by atoms with Crippen LogP contribution in [-0.2, 0) is 6.42 Å². The van der Waals surface area contributed by atoms with Crippen LogP contribution in [0, 0.1) is 12.3 Å². The van der Waals surface area contributed by atoms with Crippen LogP contribution in [0.1, 0.15) is 52.4 Å². The Morgan fingerprint density at radius 1 is 1.11 bits per heavy atom. The third-order valence-corrected chi connectivity index (χ3v) is 4.04. The Labute approximate surface area is 110 Å². The fourth-order valence-electron chi connectivity index (χ4n) is 2.21. The number of aromatic amines is 1. The molecule has 1 N–H and O–H groups in total. The summed E-state index contributed by atoms with van der Waals surface area (Å²) >= 11 is 0. The SMILES string of the molecule is CCC(C)(C)Cc1[nH]c(C)c2c1OC(C)C(C)O2. The monoisotopic (exact) mass is 251 g/mol. The molecular formula is C15H25NO2. The second-order valence-corrected chi connectivity index (χ2v) is 6.23. The van der Waals surface area contributed by atoms with Crippen molar-refractivity contribution < 1.29 is 9.47 Å². The van der Waals surface area contributed by atoms with Gasteiger partial charge in [-0.05, 0) is 32.6 Å². The maximum absolute atomic E-state index is 6.03. The molecule has 2 rings (SSSR count). The zero-order valence-corrected chi connectivity index (χ0v) is 12.4. The molecule has 3 nitrogen and oxygen atoms in total. The fraction of sp³-hybridized carbons (Fsp3) is 0.733. The molecule has 0 saturated carbocycles. The van der Waals surface area contributed by atoms with Gasteiger partial charge < -0.3 is 14.5 Å². The van der Waals surface area contributed by atoms with E-state index in [0.29, 0.717) is 0 Å². The molecule has 0 spiro atoms. The number of ether oxygens (including phenoxy) is 2. The molecule has 102 valence electrons. The van der Waals surface area contributed by atoms with Crippen LogP contribution in [0.15, 0.2) is 0 Å². The van der Waals surface area contributed by atoms with Gasteiger partial charge in [0.2, 0.25) is 0 Å². The zero-order valence-electron chi connectivity index (χ0n) is 12.4. The molecular weight excluding hydrogens is 226 g/mol. The van der Waals surface area contributed by atoms with Crippen molar-refractivity contribution >= 4 is 0 Å². The first-order valence-corrected chi connectivity index (χ1v) is 6.89. The van der Waals surface area contributed by atoms with Crippen LogP contribution in [0.2, 0.25) is 0 Å². The highest BCUT2D eigenvalue weighted by Gasteiger charge is 2.31. The van der Waals surface area contributed by atoms with Crippen molar-refractivity contribution in [2.24, 2.45) is 5.41 Å². The van der Waals surface area contributed by atoms with E-state index in [1.165, 1.54) is 5.69 Å². The summed E-state index contributed by atoms with van der Waals surface area (Å²) in [5.74, 6) is 1.84. The quantitative estimate of drug-likeness (QED) is 0.885. The predicted octanol–water partition coefficient (Wildman–Crippen LogP) is 3.85. The summed E-state index contributed by atoms with van der Waals surface area (Å²) in [6.07, 6.45) is 2.35. The van der Waals surface area contributed by atoms with Gasteiger partial charge in [-0.1, -0.05) is 27.2 Å². The Kier molecular flexibility index (Phi) is 3.35. The zero-order chi connectivity index (χ0) is 13.5. The average Bonchev–Trinajstić information content (AvgIpc) is 2.56. The van der Waals surface area contributed by atoms with Gasteiger partial charge in [0.25, 0.3) is 0 Å². The lowest BCUT2D eigenvalue weighted by Crippen LogP contribution is -2.35. The first-order chi connectivity index (χ1) is 8.34. The van der Waals surface area contributed by atoms with E-state index >= 15 is 0 Å². The van der Waals surface area contributed by atoms with Crippen LogP contribution >= 0.6 is 0 Å². The Morgan fingerprint density at radius 2 is 1.67 bits per heavy atom. The van der Waals surface area contributed by atoms with Crippen molar-refractivity contribution in [3.8, 4) is 11.5 Å². The Balaban J connectivity index is 2.32. The minimum atomic E-state index is 0.108. The van der Waals surface area contributed by atoms with E-state index in [-0.39, 0.29) is 17.6 Å². The Bertz CT molecular complexity index is 434. The van der Waals surface area contributed by atoms with Crippen molar-refractivity contribution in [2.45, 2.75) is 66.6 Å². The summed E-state index contributed by atoms with van der Waals surface area (Å²) in [5.41, 5.74) is 2.53. The molecule has 0 fully saturated rings. The molecule has 1 aromatic rings. The molecule has 0 aromatic carbocycles. The molecule has 3 heteroatoms. The smallest absolute Gasteiger partial charge is 0.182 e. The number of nitrogens with one attached hydrogen (secondary N) is 1. The van der Waals surface area contributed by atoms with E-state index in [2.05, 4.69) is 39.6 Å². The number of rotatable bonds is 3. The molecule has 18 heavy (non-hydrogen) atoms. The van der Waals surface area contributed by atoms with E-state index in [1.807, 2.05) is 6.92 Å². The first kappa shape index (κ1) is 13.3. The number of hydrogen-bond donors (Lipinski definition) is 1. The summed E-state index contributed by atoms with van der Waals surface area (Å²) in [6.45, 7) is 13.0. The van der Waals surface area contributed by atoms with Crippen molar-refractivity contribution in [3.63, 3.8) is 0 Å². The molecule has 0 saturated heterocycles. The number of aromatic nitrogens is 1.